The van der Waals surface area contributed by atoms with Crippen molar-refractivity contribution in [2.24, 2.45) is 0 Å². The largest absolute Gasteiger partial charge is 0.494 e. The minimum Gasteiger partial charge on any atom is -0.494 e. The number of aromatic nitrogens is 3. The monoisotopic (exact) mass is 448 g/mol. The zero-order valence-corrected chi connectivity index (χ0v) is 18.8. The molecule has 0 atom stereocenters. The lowest BCUT2D eigenvalue weighted by Gasteiger charge is -2.10. The highest BCUT2D eigenvalue weighted by Gasteiger charge is 2.17. The van der Waals surface area contributed by atoms with Crippen molar-refractivity contribution >= 4 is 23.4 Å². The lowest BCUT2D eigenvalue weighted by molar-refractivity contribution is -0.113. The number of hydrogen-bond acceptors (Lipinski definition) is 6. The number of ether oxygens (including phenoxy) is 1. The van der Waals surface area contributed by atoms with E-state index in [2.05, 4.69) is 21.6 Å². The topological polar surface area (TPSA) is 82.2 Å². The van der Waals surface area contributed by atoms with Gasteiger partial charge in [0.1, 0.15) is 11.5 Å². The van der Waals surface area contributed by atoms with Gasteiger partial charge < -0.3 is 14.5 Å². The van der Waals surface area contributed by atoms with E-state index in [-0.39, 0.29) is 11.7 Å². The van der Waals surface area contributed by atoms with E-state index in [1.165, 1.54) is 11.8 Å². The Labute approximate surface area is 190 Å². The summed E-state index contributed by atoms with van der Waals surface area (Å²) in [4.78, 5) is 12.5. The first kappa shape index (κ1) is 21.7. The molecular weight excluding hydrogens is 424 g/mol. The highest BCUT2D eigenvalue weighted by Crippen LogP contribution is 2.26. The molecule has 4 aromatic rings. The Morgan fingerprint density at radius 1 is 1.12 bits per heavy atom. The maximum atomic E-state index is 12.5. The molecule has 2 aromatic heterocycles. The third-order valence-electron chi connectivity index (χ3n) is 4.67. The first-order valence-corrected chi connectivity index (χ1v) is 11.3. The molecular formula is C24H24N4O3S. The van der Waals surface area contributed by atoms with Gasteiger partial charge in [-0.25, -0.2) is 0 Å². The Kier molecular flexibility index (Phi) is 6.91. The maximum absolute atomic E-state index is 12.5. The lowest BCUT2D eigenvalue weighted by atomic mass is 10.1. The van der Waals surface area contributed by atoms with Crippen molar-refractivity contribution in [2.75, 3.05) is 17.7 Å². The number of carbonyl (C=O) groups excluding carboxylic acids is 1. The molecule has 0 radical (unpaired) electrons. The molecule has 0 unspecified atom stereocenters. The second-order valence-electron chi connectivity index (χ2n) is 7.14. The van der Waals surface area contributed by atoms with Gasteiger partial charge in [-0.05, 0) is 56.3 Å². The summed E-state index contributed by atoms with van der Waals surface area (Å²) in [7, 11) is 0. The predicted molar refractivity (Wildman–Crippen MR) is 125 cm³/mol. The number of amides is 1. The fourth-order valence-corrected chi connectivity index (χ4v) is 3.96. The van der Waals surface area contributed by atoms with Gasteiger partial charge in [0.15, 0.2) is 11.0 Å². The zero-order valence-electron chi connectivity index (χ0n) is 17.9. The van der Waals surface area contributed by atoms with Gasteiger partial charge in [-0.3, -0.25) is 9.36 Å². The number of thioether (sulfide) groups is 1. The maximum Gasteiger partial charge on any atom is 0.234 e. The highest BCUT2D eigenvalue weighted by atomic mass is 32.2. The van der Waals surface area contributed by atoms with E-state index < -0.39 is 0 Å². The van der Waals surface area contributed by atoms with Crippen LogP contribution in [0.15, 0.2) is 76.5 Å². The predicted octanol–water partition coefficient (Wildman–Crippen LogP) is 5.02. The van der Waals surface area contributed by atoms with Crippen LogP contribution in [0.3, 0.4) is 0 Å². The molecule has 0 bridgehead atoms. The van der Waals surface area contributed by atoms with Gasteiger partial charge in [-0.2, -0.15) is 0 Å². The number of nitrogens with zero attached hydrogens (tertiary/aromatic N) is 3. The second kappa shape index (κ2) is 10.2. The van der Waals surface area contributed by atoms with Gasteiger partial charge in [0.2, 0.25) is 5.91 Å². The zero-order chi connectivity index (χ0) is 22.3. The Bertz CT molecular complexity index is 1170. The molecule has 7 nitrogen and oxygen atoms in total. The molecule has 32 heavy (non-hydrogen) atoms. The number of hydrogen-bond donors (Lipinski definition) is 1. The van der Waals surface area contributed by atoms with Crippen LogP contribution in [-0.4, -0.2) is 33.0 Å². The Hall–Kier alpha value is -3.52. The third kappa shape index (κ3) is 5.39. The van der Waals surface area contributed by atoms with E-state index in [0.717, 1.165) is 34.1 Å². The Morgan fingerprint density at radius 3 is 2.69 bits per heavy atom. The molecule has 0 aliphatic rings. The van der Waals surface area contributed by atoms with E-state index in [4.69, 9.17) is 9.15 Å². The van der Waals surface area contributed by atoms with Gasteiger partial charge >= 0.3 is 0 Å². The highest BCUT2D eigenvalue weighted by molar-refractivity contribution is 7.99. The molecule has 1 amide bonds. The van der Waals surface area contributed by atoms with Crippen molar-refractivity contribution in [3.8, 4) is 17.1 Å². The summed E-state index contributed by atoms with van der Waals surface area (Å²) in [6.45, 7) is 5.05. The van der Waals surface area contributed by atoms with Crippen LogP contribution < -0.4 is 10.1 Å². The van der Waals surface area contributed by atoms with Gasteiger partial charge in [-0.1, -0.05) is 35.5 Å². The molecule has 4 rings (SSSR count). The summed E-state index contributed by atoms with van der Waals surface area (Å²) in [5, 5.41) is 12.3. The summed E-state index contributed by atoms with van der Waals surface area (Å²) in [5.41, 5.74) is 2.82. The van der Waals surface area contributed by atoms with Crippen molar-refractivity contribution in [1.82, 2.24) is 14.8 Å². The van der Waals surface area contributed by atoms with Gasteiger partial charge in [0, 0.05) is 11.3 Å². The van der Waals surface area contributed by atoms with Gasteiger partial charge in [-0.15, -0.1) is 10.2 Å². The summed E-state index contributed by atoms with van der Waals surface area (Å²) in [6.07, 6.45) is 1.64. The average Bonchev–Trinajstić information content (AvgIpc) is 3.44. The fraction of sp³-hybridized carbons (Fsp3) is 0.208. The quantitative estimate of drug-likeness (QED) is 0.362. The minimum atomic E-state index is -0.121. The van der Waals surface area contributed by atoms with E-state index in [1.54, 1.807) is 6.26 Å². The smallest absolute Gasteiger partial charge is 0.234 e. The molecule has 0 saturated heterocycles. The molecule has 0 fully saturated rings. The van der Waals surface area contributed by atoms with E-state index >= 15 is 0 Å². The molecule has 0 aliphatic heterocycles. The van der Waals surface area contributed by atoms with E-state index in [9.17, 15) is 4.79 Å². The Morgan fingerprint density at radius 2 is 1.97 bits per heavy atom. The number of rotatable bonds is 9. The molecule has 164 valence electrons. The van der Waals surface area contributed by atoms with Crippen LogP contribution in [0.5, 0.6) is 5.75 Å². The van der Waals surface area contributed by atoms with E-state index in [0.29, 0.717) is 18.3 Å². The Balaban J connectivity index is 1.48. The molecule has 0 spiro atoms. The summed E-state index contributed by atoms with van der Waals surface area (Å²) in [6, 6.07) is 19.2. The minimum absolute atomic E-state index is 0.121. The second-order valence-corrected chi connectivity index (χ2v) is 8.08. The summed E-state index contributed by atoms with van der Waals surface area (Å²) in [5.74, 6) is 2.38. The van der Waals surface area contributed by atoms with Crippen molar-refractivity contribution in [2.45, 2.75) is 25.5 Å². The van der Waals surface area contributed by atoms with Crippen LogP contribution in [0.2, 0.25) is 0 Å². The number of aryl methyl sites for hydroxylation is 1. The molecule has 8 heteroatoms. The normalized spacial score (nSPS) is 10.8. The van der Waals surface area contributed by atoms with Gasteiger partial charge in [0.25, 0.3) is 0 Å². The molecule has 2 heterocycles. The first-order chi connectivity index (χ1) is 15.6. The van der Waals surface area contributed by atoms with Crippen LogP contribution in [0, 0.1) is 6.92 Å². The molecule has 0 aliphatic carbocycles. The third-order valence-corrected chi connectivity index (χ3v) is 5.64. The summed E-state index contributed by atoms with van der Waals surface area (Å²) < 4.78 is 12.9. The molecule has 2 aromatic carbocycles. The number of anilines is 1. The average molecular weight is 449 g/mol. The van der Waals surface area contributed by atoms with Crippen LogP contribution in [0.25, 0.3) is 11.4 Å². The van der Waals surface area contributed by atoms with E-state index in [1.807, 2.05) is 73.0 Å². The number of furan rings is 1. The van der Waals surface area contributed by atoms with Crippen molar-refractivity contribution in [3.05, 3.63) is 78.3 Å². The lowest BCUT2D eigenvalue weighted by Crippen LogP contribution is -2.14. The fourth-order valence-electron chi connectivity index (χ4n) is 3.22. The van der Waals surface area contributed by atoms with Crippen LogP contribution in [0.1, 0.15) is 18.2 Å². The number of carbonyl (C=O) groups is 1. The SMILES string of the molecule is CCOc1ccc(NC(=O)CSc2nnc(-c3cccc(C)c3)n2Cc2ccco2)cc1. The van der Waals surface area contributed by atoms with Gasteiger partial charge in [0.05, 0.1) is 25.2 Å². The molecule has 1 N–H and O–H groups in total. The van der Waals surface area contributed by atoms with Crippen molar-refractivity contribution < 1.29 is 13.9 Å². The summed E-state index contributed by atoms with van der Waals surface area (Å²) >= 11 is 1.34. The van der Waals surface area contributed by atoms with Crippen LogP contribution in [0.4, 0.5) is 5.69 Å². The first-order valence-electron chi connectivity index (χ1n) is 10.3. The number of benzene rings is 2. The van der Waals surface area contributed by atoms with Crippen molar-refractivity contribution in [1.29, 1.82) is 0 Å². The standard InChI is InChI=1S/C24H24N4O3S/c1-3-30-20-11-9-19(10-12-20)25-22(29)16-32-24-27-26-23(18-7-4-6-17(2)14-18)28(24)15-21-8-5-13-31-21/h4-14H,3,15-16H2,1-2H3,(H,25,29). The van der Waals surface area contributed by atoms with Crippen molar-refractivity contribution in [3.63, 3.8) is 0 Å². The van der Waals surface area contributed by atoms with Crippen LogP contribution >= 0.6 is 11.8 Å². The number of nitrogens with one attached hydrogen (secondary N) is 1. The van der Waals surface area contributed by atoms with Crippen LogP contribution in [-0.2, 0) is 11.3 Å². The molecule has 0 saturated carbocycles.